The van der Waals surface area contributed by atoms with Crippen LogP contribution in [0, 0.1) is 12.8 Å². The molecule has 1 saturated heterocycles. The molecule has 0 aromatic heterocycles. The molecule has 6 heteroatoms. The Labute approximate surface area is 140 Å². The minimum absolute atomic E-state index is 0.305. The summed E-state index contributed by atoms with van der Waals surface area (Å²) in [4.78, 5) is 0.379. The van der Waals surface area contributed by atoms with E-state index in [2.05, 4.69) is 22.9 Å². The van der Waals surface area contributed by atoms with Crippen molar-refractivity contribution in [3.63, 3.8) is 0 Å². The van der Waals surface area contributed by atoms with Gasteiger partial charge in [-0.3, -0.25) is 0 Å². The summed E-state index contributed by atoms with van der Waals surface area (Å²) >= 11 is 9.31. The Morgan fingerprint density at radius 2 is 2.14 bits per heavy atom. The summed E-state index contributed by atoms with van der Waals surface area (Å²) in [6.45, 7) is 5.19. The molecule has 118 valence electrons. The van der Waals surface area contributed by atoms with Gasteiger partial charge in [0.25, 0.3) is 0 Å². The van der Waals surface area contributed by atoms with Gasteiger partial charge in [0.05, 0.1) is 4.90 Å². The van der Waals surface area contributed by atoms with Gasteiger partial charge in [-0.05, 0) is 48.9 Å². The van der Waals surface area contributed by atoms with Gasteiger partial charge >= 0.3 is 0 Å². The van der Waals surface area contributed by atoms with E-state index >= 15 is 0 Å². The fourth-order valence-corrected chi connectivity index (χ4v) is 5.41. The monoisotopic (exact) mass is 393 g/mol. The van der Waals surface area contributed by atoms with E-state index in [1.807, 2.05) is 13.0 Å². The maximum Gasteiger partial charge on any atom is 0.243 e. The van der Waals surface area contributed by atoms with Gasteiger partial charge in [-0.2, -0.15) is 4.31 Å². The zero-order valence-electron chi connectivity index (χ0n) is 12.4. The van der Waals surface area contributed by atoms with E-state index in [0.717, 1.165) is 34.9 Å². The lowest BCUT2D eigenvalue weighted by molar-refractivity contribution is 0.261. The van der Waals surface area contributed by atoms with Crippen molar-refractivity contribution in [1.29, 1.82) is 0 Å². The average Bonchev–Trinajstić information content (AvgIpc) is 2.49. The van der Waals surface area contributed by atoms with E-state index < -0.39 is 10.0 Å². The number of benzene rings is 1. The van der Waals surface area contributed by atoms with Gasteiger partial charge in [0.15, 0.2) is 0 Å². The first-order valence-corrected chi connectivity index (χ1v) is 10.0. The van der Waals surface area contributed by atoms with Crippen LogP contribution >= 0.6 is 27.5 Å². The van der Waals surface area contributed by atoms with Gasteiger partial charge in [-0.15, -0.1) is 11.6 Å². The number of nitrogens with zero attached hydrogens (tertiary/aromatic N) is 1. The maximum atomic E-state index is 13.0. The molecule has 1 aliphatic heterocycles. The lowest BCUT2D eigenvalue weighted by atomic mass is 9.97. The van der Waals surface area contributed by atoms with Crippen LogP contribution in [-0.4, -0.2) is 25.8 Å². The molecule has 21 heavy (non-hydrogen) atoms. The third-order valence-electron chi connectivity index (χ3n) is 4.19. The maximum absolute atomic E-state index is 13.0. The average molecular weight is 395 g/mol. The SMILES string of the molecule is CCC1CCCN(S(=O)(=O)c2cc(CCl)cc(Br)c2C)C1. The summed E-state index contributed by atoms with van der Waals surface area (Å²) in [5, 5.41) is 0. The molecule has 0 amide bonds. The highest BCUT2D eigenvalue weighted by Gasteiger charge is 2.31. The van der Waals surface area contributed by atoms with E-state index in [1.165, 1.54) is 0 Å². The van der Waals surface area contributed by atoms with Gasteiger partial charge in [-0.1, -0.05) is 29.3 Å². The Kier molecular flexibility index (Phi) is 5.74. The predicted molar refractivity (Wildman–Crippen MR) is 90.2 cm³/mol. The lowest BCUT2D eigenvalue weighted by Crippen LogP contribution is -2.40. The molecule has 1 atom stereocenters. The molecule has 0 saturated carbocycles. The van der Waals surface area contributed by atoms with Crippen molar-refractivity contribution in [3.05, 3.63) is 27.7 Å². The molecule has 1 aromatic rings. The molecule has 1 heterocycles. The van der Waals surface area contributed by atoms with Crippen LogP contribution in [0.2, 0.25) is 0 Å². The normalized spacial score (nSPS) is 20.7. The molecule has 0 aliphatic carbocycles. The summed E-state index contributed by atoms with van der Waals surface area (Å²) in [5.41, 5.74) is 1.57. The van der Waals surface area contributed by atoms with E-state index in [9.17, 15) is 8.42 Å². The van der Waals surface area contributed by atoms with Crippen molar-refractivity contribution < 1.29 is 8.42 Å². The second kappa shape index (κ2) is 6.99. The first-order valence-electron chi connectivity index (χ1n) is 7.25. The molecular weight excluding hydrogens is 374 g/mol. The largest absolute Gasteiger partial charge is 0.243 e. The van der Waals surface area contributed by atoms with Gasteiger partial charge in [-0.25, -0.2) is 8.42 Å². The Morgan fingerprint density at radius 3 is 2.76 bits per heavy atom. The molecule has 1 unspecified atom stereocenters. The first kappa shape index (κ1) is 17.3. The number of hydrogen-bond donors (Lipinski definition) is 0. The molecule has 3 nitrogen and oxygen atoms in total. The predicted octanol–water partition coefficient (Wildman–Crippen LogP) is 4.31. The summed E-state index contributed by atoms with van der Waals surface area (Å²) < 4.78 is 28.3. The number of halogens is 2. The Hall–Kier alpha value is -0.100. The second-order valence-electron chi connectivity index (χ2n) is 5.61. The standard InChI is InChI=1S/C15H21BrClNO2S/c1-3-12-5-4-6-18(10-12)21(19,20)15-8-13(9-17)7-14(16)11(15)2/h7-8,12H,3-6,9-10H2,1-2H3. The van der Waals surface area contributed by atoms with Crippen molar-refractivity contribution in [3.8, 4) is 0 Å². The van der Waals surface area contributed by atoms with Crippen LogP contribution < -0.4 is 0 Å². The highest BCUT2D eigenvalue weighted by Crippen LogP contribution is 2.31. The van der Waals surface area contributed by atoms with Crippen LogP contribution in [-0.2, 0) is 15.9 Å². The zero-order chi connectivity index (χ0) is 15.6. The number of alkyl halides is 1. The number of piperidine rings is 1. The van der Waals surface area contributed by atoms with Gasteiger partial charge in [0.1, 0.15) is 0 Å². The van der Waals surface area contributed by atoms with Crippen LogP contribution in [0.1, 0.15) is 37.3 Å². The first-order chi connectivity index (χ1) is 9.90. The smallest absolute Gasteiger partial charge is 0.207 e. The van der Waals surface area contributed by atoms with E-state index in [0.29, 0.717) is 29.8 Å². The lowest BCUT2D eigenvalue weighted by Gasteiger charge is -2.32. The van der Waals surface area contributed by atoms with Crippen molar-refractivity contribution in [2.45, 2.75) is 43.9 Å². The highest BCUT2D eigenvalue weighted by atomic mass is 79.9. The highest BCUT2D eigenvalue weighted by molar-refractivity contribution is 9.10. The molecule has 0 bridgehead atoms. The minimum atomic E-state index is -3.45. The van der Waals surface area contributed by atoms with Crippen LogP contribution in [0.5, 0.6) is 0 Å². The summed E-state index contributed by atoms with van der Waals surface area (Å²) in [7, 11) is -3.45. The van der Waals surface area contributed by atoms with Gasteiger partial charge in [0.2, 0.25) is 10.0 Å². The Bertz CT molecular complexity index is 618. The van der Waals surface area contributed by atoms with Crippen LogP contribution in [0.3, 0.4) is 0 Å². The topological polar surface area (TPSA) is 37.4 Å². The van der Waals surface area contributed by atoms with Gasteiger partial charge in [0, 0.05) is 23.4 Å². The van der Waals surface area contributed by atoms with E-state index in [4.69, 9.17) is 11.6 Å². The number of sulfonamides is 1. The van der Waals surface area contributed by atoms with Gasteiger partial charge < -0.3 is 0 Å². The summed E-state index contributed by atoms with van der Waals surface area (Å²) in [6, 6.07) is 3.59. The summed E-state index contributed by atoms with van der Waals surface area (Å²) in [5.74, 6) is 0.771. The van der Waals surface area contributed by atoms with Crippen molar-refractivity contribution in [1.82, 2.24) is 4.31 Å². The van der Waals surface area contributed by atoms with E-state index in [-0.39, 0.29) is 0 Å². The van der Waals surface area contributed by atoms with Crippen molar-refractivity contribution >= 4 is 37.6 Å². The fourth-order valence-electron chi connectivity index (χ4n) is 2.77. The molecule has 1 aromatic carbocycles. The quantitative estimate of drug-likeness (QED) is 0.714. The fraction of sp³-hybridized carbons (Fsp3) is 0.600. The van der Waals surface area contributed by atoms with Crippen molar-refractivity contribution in [2.24, 2.45) is 5.92 Å². The molecule has 1 fully saturated rings. The van der Waals surface area contributed by atoms with Crippen LogP contribution in [0.25, 0.3) is 0 Å². The minimum Gasteiger partial charge on any atom is -0.207 e. The zero-order valence-corrected chi connectivity index (χ0v) is 15.6. The summed E-state index contributed by atoms with van der Waals surface area (Å²) in [6.07, 6.45) is 3.08. The van der Waals surface area contributed by atoms with Crippen LogP contribution in [0.4, 0.5) is 0 Å². The molecule has 2 rings (SSSR count). The Morgan fingerprint density at radius 1 is 1.43 bits per heavy atom. The third kappa shape index (κ3) is 3.63. The van der Waals surface area contributed by atoms with Crippen molar-refractivity contribution in [2.75, 3.05) is 13.1 Å². The Balaban J connectivity index is 2.41. The third-order valence-corrected chi connectivity index (χ3v) is 7.31. The molecular formula is C15H21BrClNO2S. The number of hydrogen-bond acceptors (Lipinski definition) is 2. The second-order valence-corrected chi connectivity index (χ2v) is 8.64. The van der Waals surface area contributed by atoms with E-state index in [1.54, 1.807) is 10.4 Å². The molecule has 0 spiro atoms. The van der Waals surface area contributed by atoms with Crippen LogP contribution in [0.15, 0.2) is 21.5 Å². The number of rotatable bonds is 4. The molecule has 0 radical (unpaired) electrons. The molecule has 0 N–H and O–H groups in total. The molecule has 1 aliphatic rings.